The second-order valence-electron chi connectivity index (χ2n) is 8.60. The molecule has 196 valence electrons. The predicted molar refractivity (Wildman–Crippen MR) is 123 cm³/mol. The number of aliphatic imine (C=N–C) groups is 1. The predicted octanol–water partition coefficient (Wildman–Crippen LogP) is 5.05. The molecule has 0 aliphatic carbocycles. The lowest BCUT2D eigenvalue weighted by atomic mass is 9.74. The highest BCUT2D eigenvalue weighted by molar-refractivity contribution is 8.15. The number of nitrogens with zero attached hydrogens (tertiary/aromatic N) is 3. The average molecular weight is 536 g/mol. The number of benzene rings is 1. The van der Waals surface area contributed by atoms with Gasteiger partial charge in [-0.1, -0.05) is 18.7 Å². The molecule has 3 N–H and O–H groups in total. The molecule has 2 aromatic rings. The van der Waals surface area contributed by atoms with Crippen LogP contribution in [-0.2, 0) is 5.54 Å². The first kappa shape index (κ1) is 27.6. The lowest BCUT2D eigenvalue weighted by Crippen LogP contribution is -2.52. The van der Waals surface area contributed by atoms with Crippen molar-refractivity contribution in [1.82, 2.24) is 9.97 Å². The van der Waals surface area contributed by atoms with E-state index < -0.39 is 53.0 Å². The van der Waals surface area contributed by atoms with Gasteiger partial charge in [-0.15, -0.1) is 0 Å². The molecule has 1 amide bonds. The zero-order chi connectivity index (χ0) is 27.1. The number of amides is 1. The molecule has 0 saturated heterocycles. The number of rotatable bonds is 6. The molecule has 1 aliphatic rings. The van der Waals surface area contributed by atoms with E-state index >= 15 is 0 Å². The summed E-state index contributed by atoms with van der Waals surface area (Å²) in [6.45, 7) is 4.13. The molecule has 14 heteroatoms. The minimum absolute atomic E-state index is 0.00975. The van der Waals surface area contributed by atoms with E-state index in [-0.39, 0.29) is 27.8 Å². The Morgan fingerprint density at radius 2 is 1.97 bits per heavy atom. The fourth-order valence-electron chi connectivity index (χ4n) is 3.84. The summed E-state index contributed by atoms with van der Waals surface area (Å²) in [5.74, 6) is -2.79. The van der Waals surface area contributed by atoms with Crippen molar-refractivity contribution in [2.75, 3.05) is 11.9 Å². The Bertz CT molecular complexity index is 1190. The zero-order valence-corrected chi connectivity index (χ0v) is 20.4. The monoisotopic (exact) mass is 535 g/mol. The van der Waals surface area contributed by atoms with E-state index in [2.05, 4.69) is 25.0 Å². The van der Waals surface area contributed by atoms with Crippen LogP contribution in [-0.4, -0.2) is 45.0 Å². The van der Waals surface area contributed by atoms with Crippen molar-refractivity contribution in [3.8, 4) is 5.88 Å². The molecule has 2 heterocycles. The lowest BCUT2D eigenvalue weighted by molar-refractivity contribution is -0.154. The van der Waals surface area contributed by atoms with Crippen LogP contribution < -0.4 is 15.8 Å². The maximum Gasteiger partial charge on any atom is 0.422 e. The van der Waals surface area contributed by atoms with E-state index in [0.717, 1.165) is 24.0 Å². The summed E-state index contributed by atoms with van der Waals surface area (Å²) in [7, 11) is 0. The van der Waals surface area contributed by atoms with Gasteiger partial charge in [0, 0.05) is 17.2 Å². The van der Waals surface area contributed by atoms with Crippen LogP contribution in [0.15, 0.2) is 29.4 Å². The van der Waals surface area contributed by atoms with Crippen molar-refractivity contribution in [1.29, 1.82) is 0 Å². The van der Waals surface area contributed by atoms with Crippen molar-refractivity contribution in [3.63, 3.8) is 0 Å². The molecule has 0 fully saturated rings. The van der Waals surface area contributed by atoms with Crippen molar-refractivity contribution in [2.45, 2.75) is 50.6 Å². The normalized spacial score (nSPS) is 24.4. The third kappa shape index (κ3) is 5.52. The number of nitrogens with one attached hydrogen (secondary N) is 1. The second kappa shape index (κ2) is 9.79. The van der Waals surface area contributed by atoms with Crippen LogP contribution in [0, 0.1) is 18.7 Å². The number of hydrogen-bond acceptors (Lipinski definition) is 7. The molecule has 1 aromatic heterocycles. The molecule has 36 heavy (non-hydrogen) atoms. The second-order valence-corrected chi connectivity index (χ2v) is 10.1. The Labute approximate surface area is 206 Å². The van der Waals surface area contributed by atoms with Crippen molar-refractivity contribution < 1.29 is 35.9 Å². The topological polar surface area (TPSA) is 102 Å². The number of aryl methyl sites for hydroxylation is 1. The summed E-state index contributed by atoms with van der Waals surface area (Å²) in [5, 5.41) is 2.39. The molecule has 7 nitrogen and oxygen atoms in total. The maximum atomic E-state index is 14.9. The summed E-state index contributed by atoms with van der Waals surface area (Å²) >= 11 is 0.725. The van der Waals surface area contributed by atoms with E-state index in [0.29, 0.717) is 0 Å². The van der Waals surface area contributed by atoms with Gasteiger partial charge in [-0.05, 0) is 39.0 Å². The Morgan fingerprint density at radius 3 is 2.56 bits per heavy atom. The molecule has 3 rings (SSSR count). The van der Waals surface area contributed by atoms with Crippen LogP contribution in [0.25, 0.3) is 0 Å². The van der Waals surface area contributed by atoms with Gasteiger partial charge in [-0.2, -0.15) is 13.2 Å². The Kier molecular flexibility index (Phi) is 7.49. The number of nitrogens with two attached hydrogens (primary N) is 1. The van der Waals surface area contributed by atoms with Crippen molar-refractivity contribution in [3.05, 3.63) is 47.2 Å². The fraction of sp³-hybridized carbons (Fsp3) is 0.455. The van der Waals surface area contributed by atoms with Gasteiger partial charge in [0.1, 0.15) is 11.5 Å². The van der Waals surface area contributed by atoms with Crippen LogP contribution in [0.3, 0.4) is 0 Å². The SMILES string of the molecule is Cc1nc(OCC(F)(F)F)cnc1C(=O)Nc1ccc(F)c([C@@]2(C)N=C(N)S[C@](C)(C(F)F)C2C)c1. The first-order chi connectivity index (χ1) is 16.6. The summed E-state index contributed by atoms with van der Waals surface area (Å²) in [6, 6.07) is 3.58. The Morgan fingerprint density at radius 1 is 1.31 bits per heavy atom. The van der Waals surface area contributed by atoms with Crippen LogP contribution in [0.5, 0.6) is 5.88 Å². The first-order valence-corrected chi connectivity index (χ1v) is 11.4. The van der Waals surface area contributed by atoms with Gasteiger partial charge in [0.25, 0.3) is 12.3 Å². The smallest absolute Gasteiger partial charge is 0.422 e. The minimum Gasteiger partial charge on any atom is -0.467 e. The number of anilines is 1. The van der Waals surface area contributed by atoms with Gasteiger partial charge >= 0.3 is 6.18 Å². The number of carbonyl (C=O) groups excluding carboxylic acids is 1. The van der Waals surface area contributed by atoms with Gasteiger partial charge in [0.2, 0.25) is 5.88 Å². The number of ether oxygens (including phenoxy) is 1. The Hall–Kier alpha value is -3.03. The highest BCUT2D eigenvalue weighted by Gasteiger charge is 2.54. The molecule has 1 aliphatic heterocycles. The van der Waals surface area contributed by atoms with Crippen molar-refractivity contribution >= 4 is 28.5 Å². The number of amidine groups is 1. The summed E-state index contributed by atoms with van der Waals surface area (Å²) in [5.41, 5.74) is 4.20. The largest absolute Gasteiger partial charge is 0.467 e. The molecule has 1 aromatic carbocycles. The molecule has 0 bridgehead atoms. The molecular formula is C22H23F6N5O2S. The summed E-state index contributed by atoms with van der Waals surface area (Å²) in [6.07, 6.45) is -6.48. The quantitative estimate of drug-likeness (QED) is 0.502. The fourth-order valence-corrected chi connectivity index (χ4v) is 5.02. The Balaban J connectivity index is 1.89. The molecule has 0 saturated carbocycles. The van der Waals surface area contributed by atoms with E-state index in [4.69, 9.17) is 5.73 Å². The van der Waals surface area contributed by atoms with Gasteiger partial charge in [-0.3, -0.25) is 9.79 Å². The molecule has 1 unspecified atom stereocenters. The number of carbonyl (C=O) groups is 1. The number of aromatic nitrogens is 2. The third-order valence-corrected chi connectivity index (χ3v) is 7.37. The molecule has 0 radical (unpaired) electrons. The van der Waals surface area contributed by atoms with Gasteiger partial charge in [0.05, 0.1) is 22.2 Å². The van der Waals surface area contributed by atoms with Gasteiger partial charge in [-0.25, -0.2) is 23.1 Å². The molecule has 3 atom stereocenters. The highest BCUT2D eigenvalue weighted by atomic mass is 32.2. The maximum absolute atomic E-state index is 14.9. The number of alkyl halides is 5. The number of thioether (sulfide) groups is 1. The van der Waals surface area contributed by atoms with Crippen LogP contribution in [0.2, 0.25) is 0 Å². The molecular weight excluding hydrogens is 512 g/mol. The van der Waals surface area contributed by atoms with Crippen LogP contribution >= 0.6 is 11.8 Å². The van der Waals surface area contributed by atoms with Crippen molar-refractivity contribution in [2.24, 2.45) is 16.6 Å². The first-order valence-electron chi connectivity index (χ1n) is 10.5. The highest BCUT2D eigenvalue weighted by Crippen LogP contribution is 2.52. The summed E-state index contributed by atoms with van der Waals surface area (Å²) in [4.78, 5) is 24.7. The number of hydrogen-bond donors (Lipinski definition) is 2. The summed E-state index contributed by atoms with van der Waals surface area (Å²) < 4.78 is 82.7. The van der Waals surface area contributed by atoms with E-state index in [9.17, 15) is 31.1 Å². The third-order valence-electron chi connectivity index (χ3n) is 6.10. The average Bonchev–Trinajstić information content (AvgIpc) is 2.76. The van der Waals surface area contributed by atoms with E-state index in [1.54, 1.807) is 0 Å². The minimum atomic E-state index is -4.57. The van der Waals surface area contributed by atoms with Crippen LogP contribution in [0.1, 0.15) is 42.5 Å². The van der Waals surface area contributed by atoms with E-state index in [1.807, 2.05) is 0 Å². The standard InChI is InChI=1S/C22H23F6N5O2S/c1-10-16(30-8-15(31-10)35-9-22(26,27)28)17(34)32-12-5-6-14(23)13(7-12)20(3)11(2)21(4,18(24)25)36-19(29)33-20/h5-8,11,18H,9H2,1-4H3,(H2,29,33)(H,32,34)/t11?,20-,21-/m0/s1. The lowest BCUT2D eigenvalue weighted by Gasteiger charge is -2.46. The van der Waals surface area contributed by atoms with Crippen LogP contribution in [0.4, 0.5) is 32.0 Å². The van der Waals surface area contributed by atoms with Gasteiger partial charge < -0.3 is 15.8 Å². The zero-order valence-electron chi connectivity index (χ0n) is 19.6. The molecule has 0 spiro atoms. The van der Waals surface area contributed by atoms with Gasteiger partial charge in [0.15, 0.2) is 11.8 Å². The number of halogens is 6. The van der Waals surface area contributed by atoms with E-state index in [1.165, 1.54) is 39.8 Å².